The molecule has 6 rings (SSSR count). The van der Waals surface area contributed by atoms with Gasteiger partial charge in [-0.05, 0) is 53.9 Å². The molecule has 0 bridgehead atoms. The monoisotopic (exact) mass is 512 g/mol. The van der Waals surface area contributed by atoms with Gasteiger partial charge in [-0.3, -0.25) is 15.1 Å². The molecule has 0 amide bonds. The first-order valence-corrected chi connectivity index (χ1v) is 13.6. The van der Waals surface area contributed by atoms with E-state index in [9.17, 15) is 12.8 Å². The molecule has 0 aliphatic carbocycles. The summed E-state index contributed by atoms with van der Waals surface area (Å²) >= 11 is 0. The van der Waals surface area contributed by atoms with Crippen molar-refractivity contribution in [1.82, 2.24) is 30.1 Å². The summed E-state index contributed by atoms with van der Waals surface area (Å²) in [5.41, 5.74) is 6.47. The van der Waals surface area contributed by atoms with Gasteiger partial charge in [0.2, 0.25) is 0 Å². The van der Waals surface area contributed by atoms with Crippen LogP contribution in [0.1, 0.15) is 5.56 Å². The fourth-order valence-corrected chi connectivity index (χ4v) is 5.01. The topological polar surface area (TPSA) is 117 Å². The number of imidazole rings is 1. The van der Waals surface area contributed by atoms with Crippen LogP contribution in [0.3, 0.4) is 0 Å². The van der Waals surface area contributed by atoms with Gasteiger partial charge < -0.3 is 4.98 Å². The molecular formula is C27H21FN6O2S. The lowest BCUT2D eigenvalue weighted by Gasteiger charge is -2.07. The van der Waals surface area contributed by atoms with E-state index in [-0.39, 0.29) is 12.2 Å². The van der Waals surface area contributed by atoms with E-state index in [0.29, 0.717) is 28.2 Å². The van der Waals surface area contributed by atoms with Gasteiger partial charge in [0.1, 0.15) is 21.3 Å². The lowest BCUT2D eigenvalue weighted by molar-refractivity contribution is 0.600. The number of fused-ring (bicyclic) bond motifs is 2. The Morgan fingerprint density at radius 3 is 2.68 bits per heavy atom. The average Bonchev–Trinajstić information content (AvgIpc) is 3.51. The summed E-state index contributed by atoms with van der Waals surface area (Å²) in [5.74, 6) is 0.0858. The highest BCUT2D eigenvalue weighted by Gasteiger charge is 2.17. The Bertz CT molecular complexity index is 1880. The number of hydrogen-bond donors (Lipinski definition) is 2. The van der Waals surface area contributed by atoms with Gasteiger partial charge in [-0.25, -0.2) is 17.8 Å². The van der Waals surface area contributed by atoms with Crippen LogP contribution in [0.4, 0.5) is 4.39 Å². The van der Waals surface area contributed by atoms with Crippen molar-refractivity contribution in [1.29, 1.82) is 0 Å². The number of aryl methyl sites for hydroxylation is 1. The second-order valence-electron chi connectivity index (χ2n) is 8.94. The van der Waals surface area contributed by atoms with E-state index in [4.69, 9.17) is 4.98 Å². The summed E-state index contributed by atoms with van der Waals surface area (Å²) in [5, 5.41) is 8.34. The Morgan fingerprint density at radius 1 is 0.973 bits per heavy atom. The van der Waals surface area contributed by atoms with E-state index < -0.39 is 15.7 Å². The number of H-pyrrole nitrogens is 2. The van der Waals surface area contributed by atoms with Crippen molar-refractivity contribution < 1.29 is 12.8 Å². The van der Waals surface area contributed by atoms with Crippen molar-refractivity contribution >= 4 is 31.8 Å². The molecule has 0 unspecified atom stereocenters. The zero-order valence-electron chi connectivity index (χ0n) is 19.7. The highest BCUT2D eigenvalue weighted by Crippen LogP contribution is 2.33. The molecule has 0 saturated heterocycles. The fourth-order valence-electron chi connectivity index (χ4n) is 4.40. The average molecular weight is 513 g/mol. The maximum atomic E-state index is 14.5. The Balaban J connectivity index is 1.44. The van der Waals surface area contributed by atoms with Crippen molar-refractivity contribution in [3.63, 3.8) is 0 Å². The van der Waals surface area contributed by atoms with Crippen LogP contribution in [0.5, 0.6) is 0 Å². The molecule has 4 heterocycles. The van der Waals surface area contributed by atoms with Crippen LogP contribution in [0.15, 0.2) is 73.2 Å². The molecular weight excluding hydrogens is 491 g/mol. The molecule has 0 fully saturated rings. The lowest BCUT2D eigenvalue weighted by atomic mass is 10.0. The largest absolute Gasteiger partial charge is 0.337 e. The quantitative estimate of drug-likeness (QED) is 0.326. The van der Waals surface area contributed by atoms with E-state index >= 15 is 0 Å². The third kappa shape index (κ3) is 4.58. The highest BCUT2D eigenvalue weighted by molar-refractivity contribution is 7.90. The van der Waals surface area contributed by atoms with E-state index in [2.05, 4.69) is 25.1 Å². The van der Waals surface area contributed by atoms with Gasteiger partial charge in [-0.1, -0.05) is 18.2 Å². The summed E-state index contributed by atoms with van der Waals surface area (Å²) in [6.07, 6.45) is 6.60. The smallest absolute Gasteiger partial charge is 0.159 e. The van der Waals surface area contributed by atoms with Crippen LogP contribution in [-0.2, 0) is 16.3 Å². The van der Waals surface area contributed by atoms with Crippen LogP contribution in [0, 0.1) is 5.82 Å². The van der Waals surface area contributed by atoms with Crippen molar-refractivity contribution in [2.24, 2.45) is 0 Å². The molecule has 2 aromatic carbocycles. The van der Waals surface area contributed by atoms with Crippen LogP contribution >= 0.6 is 0 Å². The molecule has 37 heavy (non-hydrogen) atoms. The molecule has 10 heteroatoms. The molecule has 8 nitrogen and oxygen atoms in total. The molecule has 0 aliphatic heterocycles. The summed E-state index contributed by atoms with van der Waals surface area (Å²) in [4.78, 5) is 16.9. The zero-order chi connectivity index (χ0) is 25.6. The highest BCUT2D eigenvalue weighted by atomic mass is 32.2. The van der Waals surface area contributed by atoms with Gasteiger partial charge in [-0.2, -0.15) is 5.10 Å². The molecule has 0 radical (unpaired) electrons. The Kier molecular flexibility index (Phi) is 5.53. The second-order valence-corrected chi connectivity index (χ2v) is 11.2. The van der Waals surface area contributed by atoms with Crippen LogP contribution in [0.2, 0.25) is 0 Å². The molecule has 2 N–H and O–H groups in total. The standard InChI is InChI=1S/C27H21FN6O2S/c1-37(35,36)9-7-16-10-18(12-19(28)11-16)20-5-2-6-22-25(20)32-27(31-22)26-21-13-23(17-4-3-8-29-14-17)30-15-24(21)33-34-26/h2-6,8,10-15H,7,9H2,1H3,(H,31,32)(H,33,34). The molecule has 184 valence electrons. The van der Waals surface area contributed by atoms with Crippen molar-refractivity contribution in [2.45, 2.75) is 6.42 Å². The van der Waals surface area contributed by atoms with Crippen LogP contribution < -0.4 is 0 Å². The normalized spacial score (nSPS) is 11.9. The predicted octanol–water partition coefficient (Wildman–Crippen LogP) is 4.96. The number of aromatic amines is 2. The van der Waals surface area contributed by atoms with Crippen molar-refractivity contribution in [3.05, 3.63) is 84.6 Å². The van der Waals surface area contributed by atoms with Gasteiger partial charge >= 0.3 is 0 Å². The molecule has 0 saturated carbocycles. The first-order chi connectivity index (χ1) is 17.8. The van der Waals surface area contributed by atoms with Gasteiger partial charge in [0.25, 0.3) is 0 Å². The first-order valence-electron chi connectivity index (χ1n) is 11.6. The summed E-state index contributed by atoms with van der Waals surface area (Å²) in [7, 11) is -3.17. The minimum atomic E-state index is -3.17. The van der Waals surface area contributed by atoms with Gasteiger partial charge in [0.05, 0.1) is 34.2 Å². The number of benzene rings is 2. The lowest BCUT2D eigenvalue weighted by Crippen LogP contribution is -2.06. The third-order valence-corrected chi connectivity index (χ3v) is 7.12. The number of pyridine rings is 2. The van der Waals surface area contributed by atoms with E-state index in [1.54, 1.807) is 18.6 Å². The predicted molar refractivity (Wildman–Crippen MR) is 141 cm³/mol. The third-order valence-electron chi connectivity index (χ3n) is 6.17. The van der Waals surface area contributed by atoms with E-state index in [1.165, 1.54) is 18.4 Å². The SMILES string of the molecule is CS(=O)(=O)CCc1cc(F)cc(-c2cccc3[nH]c(-c4n[nH]c5cnc(-c6cccnc6)cc45)nc23)c1. The second kappa shape index (κ2) is 8.90. The molecule has 4 aromatic heterocycles. The number of halogens is 1. The number of hydrogen-bond acceptors (Lipinski definition) is 6. The number of nitrogens with zero attached hydrogens (tertiary/aromatic N) is 4. The Labute approximate surface area is 211 Å². The van der Waals surface area contributed by atoms with Crippen LogP contribution in [-0.4, -0.2) is 50.6 Å². The minimum Gasteiger partial charge on any atom is -0.337 e. The summed E-state index contributed by atoms with van der Waals surface area (Å²) < 4.78 is 37.7. The van der Waals surface area contributed by atoms with E-state index in [0.717, 1.165) is 33.2 Å². The fraction of sp³-hybridized carbons (Fsp3) is 0.111. The maximum Gasteiger partial charge on any atom is 0.159 e. The van der Waals surface area contributed by atoms with Crippen molar-refractivity contribution in [2.75, 3.05) is 12.0 Å². The van der Waals surface area contributed by atoms with Crippen LogP contribution in [0.25, 0.3) is 55.8 Å². The maximum absolute atomic E-state index is 14.5. The number of rotatable bonds is 6. The summed E-state index contributed by atoms with van der Waals surface area (Å²) in [6, 6.07) is 16.0. The molecule has 0 aliphatic rings. The molecule has 0 atom stereocenters. The zero-order valence-corrected chi connectivity index (χ0v) is 20.6. The van der Waals surface area contributed by atoms with Gasteiger partial charge in [0, 0.05) is 35.2 Å². The van der Waals surface area contributed by atoms with E-state index in [1.807, 2.05) is 42.5 Å². The minimum absolute atomic E-state index is 0.0469. The Hall–Kier alpha value is -4.44. The molecule has 6 aromatic rings. The summed E-state index contributed by atoms with van der Waals surface area (Å²) in [6.45, 7) is 0. The Morgan fingerprint density at radius 2 is 1.86 bits per heavy atom. The number of para-hydroxylation sites is 1. The first kappa shape index (κ1) is 23.0. The van der Waals surface area contributed by atoms with Gasteiger partial charge in [-0.15, -0.1) is 0 Å². The number of sulfone groups is 1. The molecule has 0 spiro atoms. The van der Waals surface area contributed by atoms with Gasteiger partial charge in [0.15, 0.2) is 5.82 Å². The van der Waals surface area contributed by atoms with Crippen molar-refractivity contribution in [3.8, 4) is 33.9 Å². The number of nitrogens with one attached hydrogen (secondary N) is 2. The number of aromatic nitrogens is 6.